The highest BCUT2D eigenvalue weighted by Gasteiger charge is 2.38. The summed E-state index contributed by atoms with van der Waals surface area (Å²) in [4.78, 5) is 2.51. The Bertz CT molecular complexity index is 613. The lowest BCUT2D eigenvalue weighted by Crippen LogP contribution is -2.54. The van der Waals surface area contributed by atoms with Crippen LogP contribution in [0, 0.1) is 0 Å². The average Bonchev–Trinajstić information content (AvgIpc) is 3.11. The molecule has 2 aliphatic heterocycles. The van der Waals surface area contributed by atoms with Crippen molar-refractivity contribution < 1.29 is 9.47 Å². The number of rotatable bonds is 3. The van der Waals surface area contributed by atoms with E-state index < -0.39 is 0 Å². The zero-order valence-corrected chi connectivity index (χ0v) is 13.4. The monoisotopic (exact) mass is 313 g/mol. The highest BCUT2D eigenvalue weighted by molar-refractivity contribution is 5.33. The van der Waals surface area contributed by atoms with E-state index in [-0.39, 0.29) is 5.60 Å². The number of morpholine rings is 1. The number of ether oxygens (including phenoxy) is 2. The van der Waals surface area contributed by atoms with Gasteiger partial charge >= 0.3 is 0 Å². The van der Waals surface area contributed by atoms with Crippen molar-refractivity contribution in [3.8, 4) is 5.69 Å². The van der Waals surface area contributed by atoms with Crippen LogP contribution in [-0.2, 0) is 16.0 Å². The standard InChI is InChI=1S/C18H23N3O2/c1-8-19-21(9-1)17-4-2-16(3-5-17)14-20-10-13-23-18(15-20)6-11-22-12-7-18/h1-5,8-9H,6-7,10-15H2. The van der Waals surface area contributed by atoms with Crippen LogP contribution in [0.1, 0.15) is 18.4 Å². The van der Waals surface area contributed by atoms with E-state index >= 15 is 0 Å². The fraction of sp³-hybridized carbons (Fsp3) is 0.500. The maximum Gasteiger partial charge on any atom is 0.0853 e. The number of hydrogen-bond acceptors (Lipinski definition) is 4. The van der Waals surface area contributed by atoms with Crippen molar-refractivity contribution in [3.05, 3.63) is 48.3 Å². The molecule has 5 heteroatoms. The quantitative estimate of drug-likeness (QED) is 0.871. The molecule has 0 aliphatic carbocycles. The molecule has 0 unspecified atom stereocenters. The molecule has 1 aromatic heterocycles. The van der Waals surface area contributed by atoms with Crippen LogP contribution in [0.25, 0.3) is 5.69 Å². The summed E-state index contributed by atoms with van der Waals surface area (Å²) in [5.41, 5.74) is 2.46. The Balaban J connectivity index is 1.41. The highest BCUT2D eigenvalue weighted by atomic mass is 16.5. The molecule has 0 atom stereocenters. The number of aromatic nitrogens is 2. The smallest absolute Gasteiger partial charge is 0.0853 e. The van der Waals surface area contributed by atoms with Gasteiger partial charge in [-0.3, -0.25) is 4.90 Å². The van der Waals surface area contributed by atoms with Crippen LogP contribution in [0.4, 0.5) is 0 Å². The second kappa shape index (κ2) is 6.43. The Kier molecular flexibility index (Phi) is 4.16. The molecular formula is C18H23N3O2. The normalized spacial score (nSPS) is 21.6. The molecule has 1 spiro atoms. The van der Waals surface area contributed by atoms with Gasteiger partial charge < -0.3 is 9.47 Å². The molecule has 2 aromatic rings. The molecule has 0 saturated carbocycles. The van der Waals surface area contributed by atoms with Crippen LogP contribution in [0.15, 0.2) is 42.7 Å². The topological polar surface area (TPSA) is 39.5 Å². The molecule has 0 amide bonds. The first-order valence-electron chi connectivity index (χ1n) is 8.36. The number of benzene rings is 1. The van der Waals surface area contributed by atoms with Crippen molar-refractivity contribution in [1.29, 1.82) is 0 Å². The first-order valence-corrected chi connectivity index (χ1v) is 8.36. The number of nitrogens with zero attached hydrogens (tertiary/aromatic N) is 3. The van der Waals surface area contributed by atoms with Gasteiger partial charge in [-0.1, -0.05) is 12.1 Å². The van der Waals surface area contributed by atoms with E-state index in [9.17, 15) is 0 Å². The Morgan fingerprint density at radius 2 is 1.91 bits per heavy atom. The Labute approximate surface area is 136 Å². The minimum absolute atomic E-state index is 0.0193. The third kappa shape index (κ3) is 3.32. The molecule has 0 radical (unpaired) electrons. The maximum atomic E-state index is 6.11. The summed E-state index contributed by atoms with van der Waals surface area (Å²) < 4.78 is 13.5. The first kappa shape index (κ1) is 14.9. The lowest BCUT2D eigenvalue weighted by molar-refractivity contribution is -0.155. The summed E-state index contributed by atoms with van der Waals surface area (Å²) in [6, 6.07) is 10.6. The van der Waals surface area contributed by atoms with Gasteiger partial charge in [-0.05, 0) is 23.8 Å². The predicted molar refractivity (Wildman–Crippen MR) is 87.6 cm³/mol. The van der Waals surface area contributed by atoms with Gasteiger partial charge in [0.15, 0.2) is 0 Å². The minimum atomic E-state index is 0.0193. The largest absolute Gasteiger partial charge is 0.381 e. The molecule has 4 rings (SSSR count). The second-order valence-corrected chi connectivity index (χ2v) is 6.47. The molecule has 1 aromatic carbocycles. The fourth-order valence-electron chi connectivity index (χ4n) is 3.54. The Hall–Kier alpha value is -1.69. The van der Waals surface area contributed by atoms with Gasteiger partial charge in [-0.15, -0.1) is 0 Å². The summed E-state index contributed by atoms with van der Waals surface area (Å²) >= 11 is 0. The van der Waals surface area contributed by atoms with Crippen molar-refractivity contribution in [2.75, 3.05) is 32.9 Å². The van der Waals surface area contributed by atoms with Crippen molar-refractivity contribution in [1.82, 2.24) is 14.7 Å². The Morgan fingerprint density at radius 1 is 1.09 bits per heavy atom. The van der Waals surface area contributed by atoms with E-state index in [0.29, 0.717) is 0 Å². The summed E-state index contributed by atoms with van der Waals surface area (Å²) in [7, 11) is 0. The van der Waals surface area contributed by atoms with Crippen LogP contribution < -0.4 is 0 Å². The van der Waals surface area contributed by atoms with Gasteiger partial charge in [0.05, 0.1) is 17.9 Å². The van der Waals surface area contributed by atoms with Crippen LogP contribution in [-0.4, -0.2) is 53.2 Å². The lowest BCUT2D eigenvalue weighted by Gasteiger charge is -2.44. The van der Waals surface area contributed by atoms with Crippen molar-refractivity contribution in [2.45, 2.75) is 25.0 Å². The van der Waals surface area contributed by atoms with Crippen LogP contribution in [0.3, 0.4) is 0 Å². The molecule has 5 nitrogen and oxygen atoms in total. The zero-order chi connectivity index (χ0) is 15.5. The van der Waals surface area contributed by atoms with Crippen molar-refractivity contribution >= 4 is 0 Å². The van der Waals surface area contributed by atoms with Gasteiger partial charge in [0, 0.05) is 58.1 Å². The van der Waals surface area contributed by atoms with Gasteiger partial charge in [-0.25, -0.2) is 4.68 Å². The van der Waals surface area contributed by atoms with Crippen molar-refractivity contribution in [3.63, 3.8) is 0 Å². The molecule has 0 N–H and O–H groups in total. The SMILES string of the molecule is c1cnn(-c2ccc(CN3CCOC4(CCOCC4)C3)cc2)c1. The second-order valence-electron chi connectivity index (χ2n) is 6.47. The van der Waals surface area contributed by atoms with Crippen molar-refractivity contribution in [2.24, 2.45) is 0 Å². The van der Waals surface area contributed by atoms with E-state index in [2.05, 4.69) is 34.3 Å². The minimum Gasteiger partial charge on any atom is -0.381 e. The third-order valence-corrected chi connectivity index (χ3v) is 4.84. The predicted octanol–water partition coefficient (Wildman–Crippen LogP) is 2.25. The molecule has 2 fully saturated rings. The Morgan fingerprint density at radius 3 is 2.65 bits per heavy atom. The summed E-state index contributed by atoms with van der Waals surface area (Å²) in [5.74, 6) is 0. The zero-order valence-electron chi connectivity index (χ0n) is 13.4. The molecule has 23 heavy (non-hydrogen) atoms. The van der Waals surface area contributed by atoms with E-state index in [1.165, 1.54) is 5.56 Å². The molecule has 2 aliphatic rings. The molecule has 3 heterocycles. The highest BCUT2D eigenvalue weighted by Crippen LogP contribution is 2.29. The summed E-state index contributed by atoms with van der Waals surface area (Å²) in [5, 5.41) is 4.27. The first-order chi connectivity index (χ1) is 11.3. The van der Waals surface area contributed by atoms with E-state index in [1.54, 1.807) is 6.20 Å². The van der Waals surface area contributed by atoms with Gasteiger partial charge in [0.1, 0.15) is 0 Å². The van der Waals surface area contributed by atoms with E-state index in [4.69, 9.17) is 9.47 Å². The average molecular weight is 313 g/mol. The lowest BCUT2D eigenvalue weighted by atomic mass is 9.92. The van der Waals surface area contributed by atoms with Gasteiger partial charge in [0.25, 0.3) is 0 Å². The number of hydrogen-bond donors (Lipinski definition) is 0. The molecule has 2 saturated heterocycles. The third-order valence-electron chi connectivity index (χ3n) is 4.84. The van der Waals surface area contributed by atoms with Crippen LogP contribution in [0.2, 0.25) is 0 Å². The van der Waals surface area contributed by atoms with Gasteiger partial charge in [0.2, 0.25) is 0 Å². The van der Waals surface area contributed by atoms with Gasteiger partial charge in [-0.2, -0.15) is 5.10 Å². The van der Waals surface area contributed by atoms with E-state index in [0.717, 1.165) is 58.0 Å². The van der Waals surface area contributed by atoms with E-state index in [1.807, 2.05) is 16.9 Å². The summed E-state index contributed by atoms with van der Waals surface area (Å²) in [6.45, 7) is 5.47. The fourth-order valence-corrected chi connectivity index (χ4v) is 3.54. The molecule has 0 bridgehead atoms. The maximum absolute atomic E-state index is 6.11. The molecular weight excluding hydrogens is 290 g/mol. The van der Waals surface area contributed by atoms with Crippen LogP contribution >= 0.6 is 0 Å². The van der Waals surface area contributed by atoms with Crippen LogP contribution in [0.5, 0.6) is 0 Å². The summed E-state index contributed by atoms with van der Waals surface area (Å²) in [6.07, 6.45) is 5.80. The molecule has 122 valence electrons.